The Balaban J connectivity index is 1.91. The molecule has 0 radical (unpaired) electrons. The molecule has 1 aliphatic carbocycles. The molecular weight excluding hydrogens is 314 g/mol. The van der Waals surface area contributed by atoms with Crippen LogP contribution in [0.1, 0.15) is 35.7 Å². The molecule has 1 amide bonds. The molecule has 130 valence electrons. The van der Waals surface area contributed by atoms with Gasteiger partial charge in [-0.15, -0.1) is 0 Å². The molecule has 0 aromatic heterocycles. The average Bonchev–Trinajstić information content (AvgIpc) is 2.47. The number of nitrogens with zero attached hydrogens (tertiary/aromatic N) is 2. The van der Waals surface area contributed by atoms with Crippen LogP contribution in [-0.4, -0.2) is 52.0 Å². The predicted molar refractivity (Wildman–Crippen MR) is 87.0 cm³/mol. The van der Waals surface area contributed by atoms with Gasteiger partial charge in [0.25, 0.3) is 11.6 Å². The maximum absolute atomic E-state index is 12.3. The first-order valence-corrected chi connectivity index (χ1v) is 7.83. The van der Waals surface area contributed by atoms with E-state index >= 15 is 0 Å². The van der Waals surface area contributed by atoms with Gasteiger partial charge in [-0.25, -0.2) is 0 Å². The van der Waals surface area contributed by atoms with Crippen LogP contribution >= 0.6 is 0 Å². The van der Waals surface area contributed by atoms with E-state index in [-0.39, 0.29) is 30.2 Å². The Morgan fingerprint density at radius 1 is 1.42 bits per heavy atom. The lowest BCUT2D eigenvalue weighted by atomic mass is 9.85. The third kappa shape index (κ3) is 4.08. The lowest BCUT2D eigenvalue weighted by Crippen LogP contribution is -2.54. The third-order valence-electron chi connectivity index (χ3n) is 4.37. The van der Waals surface area contributed by atoms with E-state index in [4.69, 9.17) is 5.11 Å². The Hall–Kier alpha value is -2.48. The molecule has 8 heteroatoms. The summed E-state index contributed by atoms with van der Waals surface area (Å²) >= 11 is 0. The van der Waals surface area contributed by atoms with Crippen LogP contribution in [0.15, 0.2) is 18.2 Å². The molecule has 1 aliphatic rings. The first-order chi connectivity index (χ1) is 11.3. The summed E-state index contributed by atoms with van der Waals surface area (Å²) in [6, 6.07) is 4.32. The monoisotopic (exact) mass is 335 g/mol. The van der Waals surface area contributed by atoms with E-state index in [0.29, 0.717) is 30.5 Å². The molecule has 1 saturated carbocycles. The Morgan fingerprint density at radius 2 is 2.08 bits per heavy atom. The van der Waals surface area contributed by atoms with E-state index in [2.05, 4.69) is 5.32 Å². The standard InChI is InChI=1S/C16H21N3O5/c1-3-18(9-15(20)21)13-7-11(8-13)17-16(22)14-5-4-12(19(23)24)6-10(14)2/h4-6,11,13H,3,7-9H2,1-2H3,(H,17,22)(H,20,21). The molecule has 0 bridgehead atoms. The quantitative estimate of drug-likeness (QED) is 0.578. The highest BCUT2D eigenvalue weighted by Crippen LogP contribution is 2.26. The molecule has 0 aliphatic heterocycles. The van der Waals surface area contributed by atoms with Gasteiger partial charge >= 0.3 is 5.97 Å². The van der Waals surface area contributed by atoms with Crippen LogP contribution in [0.3, 0.4) is 0 Å². The number of rotatable bonds is 7. The smallest absolute Gasteiger partial charge is 0.317 e. The van der Waals surface area contributed by atoms with Crippen molar-refractivity contribution in [2.45, 2.75) is 38.8 Å². The zero-order chi connectivity index (χ0) is 17.9. The fourth-order valence-electron chi connectivity index (χ4n) is 2.96. The second kappa shape index (κ2) is 7.39. The number of likely N-dealkylation sites (N-methyl/N-ethyl adjacent to an activating group) is 1. The van der Waals surface area contributed by atoms with Gasteiger partial charge in [-0.1, -0.05) is 6.92 Å². The number of carbonyl (C=O) groups is 2. The Kier molecular flexibility index (Phi) is 5.50. The first-order valence-electron chi connectivity index (χ1n) is 7.83. The van der Waals surface area contributed by atoms with Crippen LogP contribution in [0.4, 0.5) is 5.69 Å². The van der Waals surface area contributed by atoms with Gasteiger partial charge in [0.2, 0.25) is 0 Å². The Labute approximate surface area is 139 Å². The number of nitro benzene ring substituents is 1. The summed E-state index contributed by atoms with van der Waals surface area (Å²) < 4.78 is 0. The van der Waals surface area contributed by atoms with Crippen molar-refractivity contribution in [3.8, 4) is 0 Å². The molecule has 24 heavy (non-hydrogen) atoms. The van der Waals surface area contributed by atoms with Crippen molar-refractivity contribution in [1.82, 2.24) is 10.2 Å². The van der Waals surface area contributed by atoms with Crippen molar-refractivity contribution in [2.24, 2.45) is 0 Å². The van der Waals surface area contributed by atoms with Gasteiger partial charge in [0, 0.05) is 29.8 Å². The Morgan fingerprint density at radius 3 is 2.58 bits per heavy atom. The van der Waals surface area contributed by atoms with Gasteiger partial charge in [-0.2, -0.15) is 0 Å². The second-order valence-corrected chi connectivity index (χ2v) is 6.01. The molecule has 2 rings (SSSR count). The van der Waals surface area contributed by atoms with Gasteiger partial charge in [-0.05, 0) is 37.9 Å². The van der Waals surface area contributed by atoms with Gasteiger partial charge in [0.05, 0.1) is 11.5 Å². The van der Waals surface area contributed by atoms with Crippen molar-refractivity contribution in [3.63, 3.8) is 0 Å². The van der Waals surface area contributed by atoms with Gasteiger partial charge in [0.1, 0.15) is 0 Å². The van der Waals surface area contributed by atoms with Gasteiger partial charge < -0.3 is 10.4 Å². The predicted octanol–water partition coefficient (Wildman–Crippen LogP) is 1.57. The van der Waals surface area contributed by atoms with Crippen molar-refractivity contribution in [3.05, 3.63) is 39.4 Å². The summed E-state index contributed by atoms with van der Waals surface area (Å²) in [5.41, 5.74) is 0.931. The number of carbonyl (C=O) groups excluding carboxylic acids is 1. The first kappa shape index (κ1) is 17.9. The van der Waals surface area contributed by atoms with E-state index < -0.39 is 10.9 Å². The molecular formula is C16H21N3O5. The molecule has 1 fully saturated rings. The maximum atomic E-state index is 12.3. The number of nitro groups is 1. The topological polar surface area (TPSA) is 113 Å². The molecule has 0 unspecified atom stereocenters. The minimum Gasteiger partial charge on any atom is -0.480 e. The summed E-state index contributed by atoms with van der Waals surface area (Å²) in [5, 5.41) is 22.5. The van der Waals surface area contributed by atoms with Crippen molar-refractivity contribution in [2.75, 3.05) is 13.1 Å². The highest BCUT2D eigenvalue weighted by Gasteiger charge is 2.34. The summed E-state index contributed by atoms with van der Waals surface area (Å²) in [4.78, 5) is 35.2. The van der Waals surface area contributed by atoms with Crippen LogP contribution < -0.4 is 5.32 Å². The van der Waals surface area contributed by atoms with Crippen molar-refractivity contribution < 1.29 is 19.6 Å². The van der Waals surface area contributed by atoms with Crippen LogP contribution in [0, 0.1) is 17.0 Å². The molecule has 2 N–H and O–H groups in total. The molecule has 8 nitrogen and oxygen atoms in total. The lowest BCUT2D eigenvalue weighted by Gasteiger charge is -2.42. The van der Waals surface area contributed by atoms with Crippen LogP contribution in [0.25, 0.3) is 0 Å². The number of carboxylic acids is 1. The molecule has 1 aromatic rings. The number of hydrogen-bond acceptors (Lipinski definition) is 5. The van der Waals surface area contributed by atoms with Gasteiger partial charge in [0.15, 0.2) is 0 Å². The van der Waals surface area contributed by atoms with Crippen molar-refractivity contribution in [1.29, 1.82) is 0 Å². The second-order valence-electron chi connectivity index (χ2n) is 6.01. The summed E-state index contributed by atoms with van der Waals surface area (Å²) in [7, 11) is 0. The highest BCUT2D eigenvalue weighted by molar-refractivity contribution is 5.96. The number of benzene rings is 1. The van der Waals surface area contributed by atoms with Crippen LogP contribution in [0.2, 0.25) is 0 Å². The molecule has 1 aromatic carbocycles. The van der Waals surface area contributed by atoms with E-state index in [9.17, 15) is 19.7 Å². The summed E-state index contributed by atoms with van der Waals surface area (Å²) in [6.07, 6.45) is 1.41. The third-order valence-corrected chi connectivity index (χ3v) is 4.37. The Bertz CT molecular complexity index is 655. The largest absolute Gasteiger partial charge is 0.480 e. The number of aliphatic carboxylic acids is 1. The lowest BCUT2D eigenvalue weighted by molar-refractivity contribution is -0.384. The number of carboxylic acid groups (broad SMARTS) is 1. The summed E-state index contributed by atoms with van der Waals surface area (Å²) in [5.74, 6) is -1.11. The molecule has 0 atom stereocenters. The number of amides is 1. The average molecular weight is 335 g/mol. The molecule has 0 spiro atoms. The van der Waals surface area contributed by atoms with Crippen LogP contribution in [0.5, 0.6) is 0 Å². The maximum Gasteiger partial charge on any atom is 0.317 e. The zero-order valence-corrected chi connectivity index (χ0v) is 13.7. The number of hydrogen-bond donors (Lipinski definition) is 2. The van der Waals surface area contributed by atoms with E-state index in [1.165, 1.54) is 18.2 Å². The fraction of sp³-hybridized carbons (Fsp3) is 0.500. The normalized spacial score (nSPS) is 19.6. The SMILES string of the molecule is CCN(CC(=O)O)C1CC(NC(=O)c2ccc([N+](=O)[O-])cc2C)C1. The molecule has 0 heterocycles. The van der Waals surface area contributed by atoms with Gasteiger partial charge in [-0.3, -0.25) is 24.6 Å². The van der Waals surface area contributed by atoms with Crippen molar-refractivity contribution >= 4 is 17.6 Å². The van der Waals surface area contributed by atoms with E-state index in [0.717, 1.165) is 0 Å². The number of aryl methyl sites for hydroxylation is 1. The minimum absolute atomic E-state index is 0.0000585. The van der Waals surface area contributed by atoms with E-state index in [1.807, 2.05) is 11.8 Å². The zero-order valence-electron chi connectivity index (χ0n) is 13.7. The summed E-state index contributed by atoms with van der Waals surface area (Å²) in [6.45, 7) is 4.23. The van der Waals surface area contributed by atoms with Crippen LogP contribution in [-0.2, 0) is 4.79 Å². The number of non-ortho nitro benzene ring substituents is 1. The molecule has 0 saturated heterocycles. The number of nitrogens with one attached hydrogen (secondary N) is 1. The highest BCUT2D eigenvalue weighted by atomic mass is 16.6. The van der Waals surface area contributed by atoms with E-state index in [1.54, 1.807) is 6.92 Å². The fourth-order valence-corrected chi connectivity index (χ4v) is 2.96. The minimum atomic E-state index is -0.856.